The molecule has 0 aliphatic carbocycles. The molecule has 0 saturated heterocycles. The van der Waals surface area contributed by atoms with Gasteiger partial charge in [0.05, 0.1) is 34.2 Å². The second-order valence-electron chi connectivity index (χ2n) is 10.9. The lowest BCUT2D eigenvalue weighted by molar-refractivity contribution is -0.386. The number of nitrogens with zero attached hydrogens (tertiary/aromatic N) is 4. The van der Waals surface area contributed by atoms with Crippen LogP contribution < -0.4 is 15.0 Å². The molecule has 0 fully saturated rings. The zero-order valence-electron chi connectivity index (χ0n) is 25.8. The van der Waals surface area contributed by atoms with Gasteiger partial charge >= 0.3 is 11.7 Å². The van der Waals surface area contributed by atoms with E-state index in [-0.39, 0.29) is 35.1 Å². The monoisotopic (exact) mass is 620 g/mol. The summed E-state index contributed by atoms with van der Waals surface area (Å²) >= 11 is 0. The summed E-state index contributed by atoms with van der Waals surface area (Å²) in [4.78, 5) is 41.5. The number of hydrogen-bond acceptors (Lipinski definition) is 8. The van der Waals surface area contributed by atoms with Gasteiger partial charge in [-0.1, -0.05) is 44.2 Å². The number of fused-ring (bicyclic) bond motifs is 1. The minimum atomic E-state index is -1.10. The van der Waals surface area contributed by atoms with Crippen LogP contribution in [0.15, 0.2) is 88.8 Å². The van der Waals surface area contributed by atoms with Crippen molar-refractivity contribution in [3.8, 4) is 22.9 Å². The average Bonchev–Trinajstić information content (AvgIpc) is 3.03. The van der Waals surface area contributed by atoms with Gasteiger partial charge in [-0.25, -0.2) is 9.78 Å². The second kappa shape index (κ2) is 13.4. The van der Waals surface area contributed by atoms with Crippen molar-refractivity contribution in [3.63, 3.8) is 0 Å². The number of rotatable bonds is 11. The molecule has 0 aliphatic rings. The van der Waals surface area contributed by atoms with Gasteiger partial charge in [0.2, 0.25) is 5.75 Å². The summed E-state index contributed by atoms with van der Waals surface area (Å²) in [6.07, 6.45) is 1.32. The standard InChI is InChI=1S/C35H32N4O7/c1-5-45-31-16-22(4)28(18-27(31)21(2)3)33-37-29-14-7-6-13-26(29)34(40)38(33)36-19-25-12-9-15-30(39(43)44)32(25)46-20-23-10-8-11-24(17-23)35(41)42/h6-19,21H,5,20H2,1-4H3,(H,41,42). The fraction of sp³-hybridized carbons (Fsp3) is 0.200. The SMILES string of the molecule is CCOc1cc(C)c(-c2nc3ccccc3c(=O)n2N=Cc2cccc([N+](=O)[O-])c2OCc2cccc(C(=O)O)c2)cc1C(C)C. The maximum Gasteiger partial charge on any atom is 0.335 e. The number of carboxylic acid groups (broad SMARTS) is 1. The van der Waals surface area contributed by atoms with Crippen LogP contribution in [0.5, 0.6) is 11.5 Å². The fourth-order valence-corrected chi connectivity index (χ4v) is 5.09. The summed E-state index contributed by atoms with van der Waals surface area (Å²) in [5.74, 6) is -0.0238. The third kappa shape index (κ3) is 6.48. The first-order valence-corrected chi connectivity index (χ1v) is 14.6. The lowest BCUT2D eigenvalue weighted by Gasteiger charge is -2.18. The van der Waals surface area contributed by atoms with E-state index in [0.29, 0.717) is 34.5 Å². The molecule has 5 aromatic rings. The Hall–Kier alpha value is -5.84. The van der Waals surface area contributed by atoms with Gasteiger partial charge < -0.3 is 14.6 Å². The summed E-state index contributed by atoms with van der Waals surface area (Å²) < 4.78 is 13.0. The number of benzene rings is 4. The molecule has 11 heteroatoms. The van der Waals surface area contributed by atoms with Crippen molar-refractivity contribution in [1.82, 2.24) is 9.66 Å². The second-order valence-corrected chi connectivity index (χ2v) is 10.9. The molecule has 46 heavy (non-hydrogen) atoms. The van der Waals surface area contributed by atoms with Gasteiger partial charge in [0.25, 0.3) is 5.56 Å². The van der Waals surface area contributed by atoms with E-state index in [1.807, 2.05) is 26.0 Å². The highest BCUT2D eigenvalue weighted by Gasteiger charge is 2.21. The summed E-state index contributed by atoms with van der Waals surface area (Å²) in [6, 6.07) is 21.3. The van der Waals surface area contributed by atoms with E-state index in [2.05, 4.69) is 18.9 Å². The topological polar surface area (TPSA) is 146 Å². The molecule has 1 aromatic heterocycles. The number of ether oxygens (including phenoxy) is 2. The molecule has 0 radical (unpaired) electrons. The molecule has 0 spiro atoms. The van der Waals surface area contributed by atoms with Gasteiger partial charge in [0, 0.05) is 17.2 Å². The van der Waals surface area contributed by atoms with Crippen LogP contribution in [0.3, 0.4) is 0 Å². The van der Waals surface area contributed by atoms with Gasteiger partial charge in [-0.2, -0.15) is 9.78 Å². The molecule has 11 nitrogen and oxygen atoms in total. The van der Waals surface area contributed by atoms with E-state index in [1.54, 1.807) is 42.5 Å². The van der Waals surface area contributed by atoms with Gasteiger partial charge in [-0.3, -0.25) is 14.9 Å². The number of hydrogen-bond donors (Lipinski definition) is 1. The number of aromatic nitrogens is 2. The summed E-state index contributed by atoms with van der Waals surface area (Å²) in [6.45, 7) is 8.29. The number of nitro benzene ring substituents is 1. The van der Waals surface area contributed by atoms with E-state index in [4.69, 9.17) is 14.5 Å². The first-order valence-electron chi connectivity index (χ1n) is 14.6. The Kier molecular flexibility index (Phi) is 9.22. The molecule has 0 atom stereocenters. The molecular weight excluding hydrogens is 588 g/mol. The van der Waals surface area contributed by atoms with E-state index in [9.17, 15) is 24.8 Å². The predicted molar refractivity (Wildman–Crippen MR) is 175 cm³/mol. The Balaban J connectivity index is 1.65. The van der Waals surface area contributed by atoms with Crippen molar-refractivity contribution in [1.29, 1.82) is 0 Å². The quantitative estimate of drug-likeness (QED) is 0.0947. The third-order valence-corrected chi connectivity index (χ3v) is 7.36. The maximum absolute atomic E-state index is 13.9. The van der Waals surface area contributed by atoms with Crippen LogP contribution in [0.25, 0.3) is 22.3 Å². The summed E-state index contributed by atoms with van der Waals surface area (Å²) in [5, 5.41) is 26.2. The van der Waals surface area contributed by atoms with Crippen LogP contribution in [-0.4, -0.2) is 38.5 Å². The molecule has 4 aromatic carbocycles. The Bertz CT molecular complexity index is 2050. The van der Waals surface area contributed by atoms with E-state index in [0.717, 1.165) is 16.9 Å². The molecule has 0 unspecified atom stereocenters. The van der Waals surface area contributed by atoms with Crippen molar-refractivity contribution < 1.29 is 24.3 Å². The summed E-state index contributed by atoms with van der Waals surface area (Å²) in [7, 11) is 0. The average molecular weight is 621 g/mol. The molecule has 0 saturated carbocycles. The van der Waals surface area contributed by atoms with Gasteiger partial charge in [-0.05, 0) is 78.9 Å². The van der Waals surface area contributed by atoms with Crippen molar-refractivity contribution in [2.24, 2.45) is 5.10 Å². The van der Waals surface area contributed by atoms with Crippen molar-refractivity contribution in [2.75, 3.05) is 6.61 Å². The molecule has 1 N–H and O–H groups in total. The van der Waals surface area contributed by atoms with Gasteiger partial charge in [0.1, 0.15) is 12.4 Å². The van der Waals surface area contributed by atoms with Crippen LogP contribution in [0.2, 0.25) is 0 Å². The van der Waals surface area contributed by atoms with E-state index in [1.165, 1.54) is 35.2 Å². The highest BCUT2D eigenvalue weighted by atomic mass is 16.6. The molecule has 0 amide bonds. The molecule has 0 bridgehead atoms. The minimum Gasteiger partial charge on any atom is -0.494 e. The maximum atomic E-state index is 13.9. The zero-order chi connectivity index (χ0) is 33.0. The number of aryl methyl sites for hydroxylation is 1. The Morgan fingerprint density at radius 3 is 2.54 bits per heavy atom. The van der Waals surface area contributed by atoms with E-state index >= 15 is 0 Å². The largest absolute Gasteiger partial charge is 0.494 e. The normalized spacial score (nSPS) is 11.3. The van der Waals surface area contributed by atoms with Crippen LogP contribution in [-0.2, 0) is 6.61 Å². The Labute approximate surface area is 264 Å². The van der Waals surface area contributed by atoms with Crippen molar-refractivity contribution in [2.45, 2.75) is 40.2 Å². The number of nitro groups is 1. The molecule has 0 aliphatic heterocycles. The molecular formula is C35H32N4O7. The fourth-order valence-electron chi connectivity index (χ4n) is 5.09. The lowest BCUT2D eigenvalue weighted by Crippen LogP contribution is -2.21. The van der Waals surface area contributed by atoms with Crippen molar-refractivity contribution in [3.05, 3.63) is 127 Å². The highest BCUT2D eigenvalue weighted by Crippen LogP contribution is 2.35. The number of aromatic carboxylic acids is 1. The van der Waals surface area contributed by atoms with Crippen LogP contribution in [0.1, 0.15) is 59.3 Å². The minimum absolute atomic E-state index is 0.0614. The van der Waals surface area contributed by atoms with Crippen LogP contribution in [0.4, 0.5) is 5.69 Å². The van der Waals surface area contributed by atoms with Crippen LogP contribution >= 0.6 is 0 Å². The first kappa shape index (κ1) is 31.6. The smallest absolute Gasteiger partial charge is 0.335 e. The zero-order valence-corrected chi connectivity index (χ0v) is 25.8. The number of carboxylic acids is 1. The van der Waals surface area contributed by atoms with Gasteiger partial charge in [-0.15, -0.1) is 0 Å². The lowest BCUT2D eigenvalue weighted by atomic mass is 9.96. The van der Waals surface area contributed by atoms with E-state index < -0.39 is 16.5 Å². The predicted octanol–water partition coefficient (Wildman–Crippen LogP) is 6.96. The van der Waals surface area contributed by atoms with Crippen LogP contribution in [0, 0.1) is 17.0 Å². The van der Waals surface area contributed by atoms with Crippen molar-refractivity contribution >= 4 is 28.8 Å². The number of carbonyl (C=O) groups is 1. The molecule has 234 valence electrons. The first-order chi connectivity index (χ1) is 22.1. The number of para-hydroxylation sites is 2. The highest BCUT2D eigenvalue weighted by molar-refractivity contribution is 5.88. The molecule has 5 rings (SSSR count). The molecule has 1 heterocycles. The Morgan fingerprint density at radius 1 is 1.07 bits per heavy atom. The Morgan fingerprint density at radius 2 is 1.83 bits per heavy atom. The van der Waals surface area contributed by atoms with Gasteiger partial charge in [0.15, 0.2) is 5.82 Å². The third-order valence-electron chi connectivity index (χ3n) is 7.36. The summed E-state index contributed by atoms with van der Waals surface area (Å²) in [5.41, 5.74) is 3.01.